The Morgan fingerprint density at radius 1 is 0.815 bits per heavy atom. The van der Waals surface area contributed by atoms with Crippen molar-refractivity contribution in [1.82, 2.24) is 14.7 Å². The highest BCUT2D eigenvalue weighted by Gasteiger charge is 2.24. The average Bonchev–Trinajstić information content (AvgIpc) is 3.18. The number of hydrogen-bond donors (Lipinski definition) is 0. The van der Waals surface area contributed by atoms with Crippen LogP contribution in [0.5, 0.6) is 0 Å². The maximum Gasteiger partial charge on any atom is 0.274 e. The predicted molar refractivity (Wildman–Crippen MR) is 108 cm³/mol. The van der Waals surface area contributed by atoms with E-state index >= 15 is 0 Å². The lowest BCUT2D eigenvalue weighted by molar-refractivity contribution is 0.0740. The topological polar surface area (TPSA) is 41.4 Å². The molecular weight excluding hydrogens is 383 g/mol. The van der Waals surface area contributed by atoms with Gasteiger partial charge in [-0.05, 0) is 30.3 Å². The minimum Gasteiger partial charge on any atom is -0.367 e. The number of anilines is 1. The number of piperazine rings is 1. The van der Waals surface area contributed by atoms with Gasteiger partial charge in [-0.3, -0.25) is 4.79 Å². The van der Waals surface area contributed by atoms with Crippen molar-refractivity contribution < 1.29 is 4.79 Å². The molecule has 3 aromatic rings. The zero-order chi connectivity index (χ0) is 18.8. The number of nitrogens with zero attached hydrogens (tertiary/aromatic N) is 4. The van der Waals surface area contributed by atoms with E-state index in [0.717, 1.165) is 29.5 Å². The maximum absolute atomic E-state index is 12.8. The van der Waals surface area contributed by atoms with Crippen LogP contribution in [0.3, 0.4) is 0 Å². The first-order valence-electron chi connectivity index (χ1n) is 8.73. The Morgan fingerprint density at radius 2 is 1.41 bits per heavy atom. The van der Waals surface area contributed by atoms with Crippen LogP contribution in [0.1, 0.15) is 10.5 Å². The molecule has 4 rings (SSSR count). The van der Waals surface area contributed by atoms with Gasteiger partial charge in [0.05, 0.1) is 21.4 Å². The van der Waals surface area contributed by atoms with Gasteiger partial charge in [0.1, 0.15) is 0 Å². The van der Waals surface area contributed by atoms with Gasteiger partial charge in [0.25, 0.3) is 5.91 Å². The fourth-order valence-electron chi connectivity index (χ4n) is 3.23. The van der Waals surface area contributed by atoms with Gasteiger partial charge in [-0.1, -0.05) is 47.5 Å². The van der Waals surface area contributed by atoms with Gasteiger partial charge < -0.3 is 9.80 Å². The van der Waals surface area contributed by atoms with E-state index in [0.29, 0.717) is 23.8 Å². The lowest BCUT2D eigenvalue weighted by Gasteiger charge is -2.36. The molecule has 1 fully saturated rings. The number of hydrogen-bond acceptors (Lipinski definition) is 3. The summed E-state index contributed by atoms with van der Waals surface area (Å²) in [6, 6.07) is 16.9. The fraction of sp³-hybridized carbons (Fsp3) is 0.200. The first-order chi connectivity index (χ1) is 13.1. The molecular formula is C20H18Cl2N4O. The fourth-order valence-corrected chi connectivity index (χ4v) is 3.71. The second-order valence-electron chi connectivity index (χ2n) is 6.33. The summed E-state index contributed by atoms with van der Waals surface area (Å²) in [5.41, 5.74) is 2.18. The molecule has 2 heterocycles. The Labute approximate surface area is 167 Å². The molecule has 0 unspecified atom stereocenters. The van der Waals surface area contributed by atoms with Crippen LogP contribution in [-0.4, -0.2) is 46.8 Å². The van der Waals surface area contributed by atoms with Gasteiger partial charge in [-0.25, -0.2) is 4.68 Å². The summed E-state index contributed by atoms with van der Waals surface area (Å²) >= 11 is 12.5. The van der Waals surface area contributed by atoms with Crippen LogP contribution in [0.2, 0.25) is 10.0 Å². The standard InChI is InChI=1S/C20H18Cl2N4O/c21-15-5-1-3-7-18(15)24-11-13-25(14-12-24)20(27)17-9-10-26(23-17)19-8-4-2-6-16(19)22/h1-10H,11-14H2. The van der Waals surface area contributed by atoms with E-state index in [1.807, 2.05) is 47.4 Å². The summed E-state index contributed by atoms with van der Waals surface area (Å²) in [4.78, 5) is 16.8. The predicted octanol–water partition coefficient (Wildman–Crippen LogP) is 4.14. The highest BCUT2D eigenvalue weighted by atomic mass is 35.5. The number of halogens is 2. The first-order valence-corrected chi connectivity index (χ1v) is 9.48. The van der Waals surface area contributed by atoms with Gasteiger partial charge in [0.2, 0.25) is 0 Å². The molecule has 1 aliphatic rings. The van der Waals surface area contributed by atoms with E-state index < -0.39 is 0 Å². The molecule has 0 saturated carbocycles. The summed E-state index contributed by atoms with van der Waals surface area (Å²) in [6.45, 7) is 2.73. The molecule has 138 valence electrons. The Hall–Kier alpha value is -2.50. The van der Waals surface area contributed by atoms with Gasteiger partial charge in [0, 0.05) is 32.4 Å². The van der Waals surface area contributed by atoms with Gasteiger partial charge >= 0.3 is 0 Å². The molecule has 27 heavy (non-hydrogen) atoms. The smallest absolute Gasteiger partial charge is 0.274 e. The van der Waals surface area contributed by atoms with Crippen LogP contribution in [0.25, 0.3) is 5.69 Å². The van der Waals surface area contributed by atoms with Crippen molar-refractivity contribution in [1.29, 1.82) is 0 Å². The molecule has 1 amide bonds. The summed E-state index contributed by atoms with van der Waals surface area (Å²) in [5.74, 6) is -0.0698. The summed E-state index contributed by atoms with van der Waals surface area (Å²) in [6.07, 6.45) is 1.76. The van der Waals surface area contributed by atoms with E-state index in [1.54, 1.807) is 23.0 Å². The highest BCUT2D eigenvalue weighted by molar-refractivity contribution is 6.33. The van der Waals surface area contributed by atoms with Crippen molar-refractivity contribution in [3.8, 4) is 5.69 Å². The van der Waals surface area contributed by atoms with Gasteiger partial charge in [-0.15, -0.1) is 0 Å². The molecule has 0 radical (unpaired) electrons. The monoisotopic (exact) mass is 400 g/mol. The zero-order valence-corrected chi connectivity index (χ0v) is 16.1. The second-order valence-corrected chi connectivity index (χ2v) is 7.14. The van der Waals surface area contributed by atoms with Gasteiger partial charge in [0.15, 0.2) is 5.69 Å². The van der Waals surface area contributed by atoms with Crippen molar-refractivity contribution >= 4 is 34.8 Å². The highest BCUT2D eigenvalue weighted by Crippen LogP contribution is 2.26. The van der Waals surface area contributed by atoms with E-state index in [9.17, 15) is 4.79 Å². The molecule has 0 bridgehead atoms. The molecule has 2 aromatic carbocycles. The summed E-state index contributed by atoms with van der Waals surface area (Å²) in [5, 5.41) is 5.74. The zero-order valence-electron chi connectivity index (χ0n) is 14.6. The number of para-hydroxylation sites is 2. The van der Waals surface area contributed by atoms with E-state index in [1.165, 1.54) is 0 Å². The van der Waals surface area contributed by atoms with Crippen LogP contribution in [0.15, 0.2) is 60.8 Å². The van der Waals surface area contributed by atoms with Crippen LogP contribution >= 0.6 is 23.2 Å². The molecule has 0 N–H and O–H groups in total. The number of carbonyl (C=O) groups is 1. The molecule has 5 nitrogen and oxygen atoms in total. The molecule has 0 atom stereocenters. The molecule has 0 spiro atoms. The van der Waals surface area contributed by atoms with E-state index in [2.05, 4.69) is 10.00 Å². The number of carbonyl (C=O) groups excluding carboxylic acids is 1. The Morgan fingerprint density at radius 3 is 2.04 bits per heavy atom. The molecule has 7 heteroatoms. The summed E-state index contributed by atoms with van der Waals surface area (Å²) in [7, 11) is 0. The Balaban J connectivity index is 1.44. The minimum atomic E-state index is -0.0698. The van der Waals surface area contributed by atoms with Crippen molar-refractivity contribution in [3.05, 3.63) is 76.5 Å². The van der Waals surface area contributed by atoms with Crippen molar-refractivity contribution in [3.63, 3.8) is 0 Å². The maximum atomic E-state index is 12.8. The van der Waals surface area contributed by atoms with Crippen LogP contribution < -0.4 is 4.90 Å². The molecule has 0 aliphatic carbocycles. The molecule has 1 aliphatic heterocycles. The Bertz CT molecular complexity index is 964. The van der Waals surface area contributed by atoms with Crippen LogP contribution in [0, 0.1) is 0 Å². The van der Waals surface area contributed by atoms with Gasteiger partial charge in [-0.2, -0.15) is 5.10 Å². The SMILES string of the molecule is O=C(c1ccn(-c2ccccc2Cl)n1)N1CCN(c2ccccc2Cl)CC1. The largest absolute Gasteiger partial charge is 0.367 e. The Kier molecular flexibility index (Phi) is 5.05. The number of amides is 1. The number of rotatable bonds is 3. The van der Waals surface area contributed by atoms with Crippen LogP contribution in [0.4, 0.5) is 5.69 Å². The summed E-state index contributed by atoms with van der Waals surface area (Å²) < 4.78 is 1.63. The first kappa shape index (κ1) is 17.9. The van der Waals surface area contributed by atoms with E-state index in [-0.39, 0.29) is 5.91 Å². The van der Waals surface area contributed by atoms with Crippen molar-refractivity contribution in [2.24, 2.45) is 0 Å². The average molecular weight is 401 g/mol. The number of benzene rings is 2. The third-order valence-electron chi connectivity index (χ3n) is 4.67. The quantitative estimate of drug-likeness (QED) is 0.663. The lowest BCUT2D eigenvalue weighted by Crippen LogP contribution is -2.49. The second kappa shape index (κ2) is 7.62. The third kappa shape index (κ3) is 3.66. The lowest BCUT2D eigenvalue weighted by atomic mass is 10.2. The third-order valence-corrected chi connectivity index (χ3v) is 5.31. The van der Waals surface area contributed by atoms with Crippen molar-refractivity contribution in [2.45, 2.75) is 0 Å². The number of aromatic nitrogens is 2. The minimum absolute atomic E-state index is 0.0698. The van der Waals surface area contributed by atoms with Crippen molar-refractivity contribution in [2.75, 3.05) is 31.1 Å². The molecule has 1 saturated heterocycles. The normalized spacial score (nSPS) is 14.4. The van der Waals surface area contributed by atoms with Crippen LogP contribution in [-0.2, 0) is 0 Å². The van der Waals surface area contributed by atoms with E-state index in [4.69, 9.17) is 23.2 Å². The molecule has 1 aromatic heterocycles.